The lowest BCUT2D eigenvalue weighted by atomic mass is 9.85. The number of nitrogens with zero attached hydrogens (tertiary/aromatic N) is 1. The highest BCUT2D eigenvalue weighted by Gasteiger charge is 2.37. The number of nitrogens with two attached hydrogens (primary N) is 1. The molecule has 5 heteroatoms. The molecule has 1 saturated heterocycles. The maximum absolute atomic E-state index is 12.0. The largest absolute Gasteiger partial charge is 0.346 e. The Kier molecular flexibility index (Phi) is 3.99. The third-order valence-corrected chi connectivity index (χ3v) is 3.95. The zero-order chi connectivity index (χ0) is 12.3. The van der Waals surface area contributed by atoms with Crippen molar-refractivity contribution in [2.45, 2.75) is 38.1 Å². The molecule has 1 heterocycles. The van der Waals surface area contributed by atoms with E-state index in [1.165, 1.54) is 19.3 Å². The second-order valence-electron chi connectivity index (χ2n) is 4.97. The average molecular weight is 239 g/mol. The molecule has 0 radical (unpaired) electrons. The van der Waals surface area contributed by atoms with Gasteiger partial charge in [-0.25, -0.2) is 0 Å². The number of amides is 2. The third-order valence-electron chi connectivity index (χ3n) is 3.95. The molecule has 2 rings (SSSR count). The Hall–Kier alpha value is -1.10. The molecule has 0 aromatic carbocycles. The molecule has 0 spiro atoms. The summed E-state index contributed by atoms with van der Waals surface area (Å²) >= 11 is 0. The van der Waals surface area contributed by atoms with Crippen LogP contribution in [-0.2, 0) is 9.59 Å². The molecule has 5 nitrogen and oxygen atoms in total. The maximum Gasteiger partial charge on any atom is 0.242 e. The Bertz CT molecular complexity index is 306. The number of rotatable bonds is 3. The van der Waals surface area contributed by atoms with Crippen molar-refractivity contribution in [2.24, 2.45) is 11.7 Å². The number of hydrogen-bond acceptors (Lipinski definition) is 3. The van der Waals surface area contributed by atoms with Crippen LogP contribution in [0.3, 0.4) is 0 Å². The topological polar surface area (TPSA) is 75.4 Å². The molecule has 1 aliphatic heterocycles. The standard InChI is InChI=1S/C12H21N3O2/c13-7-11(16)14-8-12(17)15-6-5-9-3-1-2-4-10(9)15/h9-10H,1-8,13H2,(H,14,16). The summed E-state index contributed by atoms with van der Waals surface area (Å²) < 4.78 is 0. The van der Waals surface area contributed by atoms with Gasteiger partial charge in [-0.2, -0.15) is 0 Å². The Labute approximate surface area is 102 Å². The summed E-state index contributed by atoms with van der Waals surface area (Å²) in [6, 6.07) is 0.422. The van der Waals surface area contributed by atoms with Gasteiger partial charge in [0.15, 0.2) is 0 Å². The smallest absolute Gasteiger partial charge is 0.242 e. The van der Waals surface area contributed by atoms with Crippen LogP contribution in [0.25, 0.3) is 0 Å². The van der Waals surface area contributed by atoms with E-state index in [4.69, 9.17) is 5.73 Å². The van der Waals surface area contributed by atoms with Gasteiger partial charge in [0, 0.05) is 12.6 Å². The van der Waals surface area contributed by atoms with Crippen LogP contribution in [0.5, 0.6) is 0 Å². The van der Waals surface area contributed by atoms with Gasteiger partial charge < -0.3 is 16.0 Å². The first kappa shape index (κ1) is 12.4. The van der Waals surface area contributed by atoms with Crippen LogP contribution in [0, 0.1) is 5.92 Å². The number of nitrogens with one attached hydrogen (secondary N) is 1. The predicted molar refractivity (Wildman–Crippen MR) is 64.1 cm³/mol. The average Bonchev–Trinajstić information content (AvgIpc) is 2.79. The Morgan fingerprint density at radius 2 is 2.00 bits per heavy atom. The first-order valence-corrected chi connectivity index (χ1v) is 6.48. The zero-order valence-electron chi connectivity index (χ0n) is 10.2. The first-order valence-electron chi connectivity index (χ1n) is 6.48. The number of hydrogen-bond donors (Lipinski definition) is 2. The highest BCUT2D eigenvalue weighted by molar-refractivity contribution is 5.85. The van der Waals surface area contributed by atoms with Gasteiger partial charge in [0.05, 0.1) is 13.1 Å². The van der Waals surface area contributed by atoms with Crippen molar-refractivity contribution >= 4 is 11.8 Å². The summed E-state index contributed by atoms with van der Waals surface area (Å²) in [4.78, 5) is 25.0. The molecule has 0 aromatic rings. The first-order chi connectivity index (χ1) is 8.22. The molecular formula is C12H21N3O2. The monoisotopic (exact) mass is 239 g/mol. The second-order valence-corrected chi connectivity index (χ2v) is 4.97. The number of carbonyl (C=O) groups is 2. The number of likely N-dealkylation sites (tertiary alicyclic amines) is 1. The summed E-state index contributed by atoms with van der Waals surface area (Å²) in [6.45, 7) is 0.894. The van der Waals surface area contributed by atoms with Gasteiger partial charge >= 0.3 is 0 Å². The van der Waals surface area contributed by atoms with Gasteiger partial charge in [0.1, 0.15) is 0 Å². The molecule has 2 amide bonds. The molecular weight excluding hydrogens is 218 g/mol. The van der Waals surface area contributed by atoms with E-state index in [1.807, 2.05) is 4.90 Å². The molecule has 1 aliphatic carbocycles. The van der Waals surface area contributed by atoms with Gasteiger partial charge in [-0.1, -0.05) is 12.8 Å². The summed E-state index contributed by atoms with van der Waals surface area (Å²) in [5, 5.41) is 2.55. The molecule has 17 heavy (non-hydrogen) atoms. The Morgan fingerprint density at radius 3 is 2.76 bits per heavy atom. The zero-order valence-corrected chi connectivity index (χ0v) is 10.2. The van der Waals surface area contributed by atoms with Gasteiger partial charge in [0.2, 0.25) is 11.8 Å². The fraction of sp³-hybridized carbons (Fsp3) is 0.833. The van der Waals surface area contributed by atoms with E-state index in [2.05, 4.69) is 5.32 Å². The SMILES string of the molecule is NCC(=O)NCC(=O)N1CCC2CCCCC21. The van der Waals surface area contributed by atoms with Crippen LogP contribution in [0.1, 0.15) is 32.1 Å². The second kappa shape index (κ2) is 5.49. The van der Waals surface area contributed by atoms with Crippen LogP contribution in [-0.4, -0.2) is 42.4 Å². The molecule has 0 bridgehead atoms. The van der Waals surface area contributed by atoms with Gasteiger partial charge in [-0.3, -0.25) is 9.59 Å². The fourth-order valence-electron chi connectivity index (χ4n) is 3.06. The van der Waals surface area contributed by atoms with Crippen LogP contribution in [0.2, 0.25) is 0 Å². The molecule has 2 atom stereocenters. The molecule has 0 aromatic heterocycles. The van der Waals surface area contributed by atoms with E-state index in [0.717, 1.165) is 19.4 Å². The van der Waals surface area contributed by atoms with Crippen molar-refractivity contribution in [1.82, 2.24) is 10.2 Å². The summed E-state index contributed by atoms with van der Waals surface area (Å²) in [5.41, 5.74) is 5.18. The van der Waals surface area contributed by atoms with Crippen LogP contribution in [0.15, 0.2) is 0 Å². The quantitative estimate of drug-likeness (QED) is 0.719. The minimum absolute atomic E-state index is 0.0428. The van der Waals surface area contributed by atoms with Crippen molar-refractivity contribution < 1.29 is 9.59 Å². The van der Waals surface area contributed by atoms with Crippen molar-refractivity contribution in [1.29, 1.82) is 0 Å². The van der Waals surface area contributed by atoms with Crippen LogP contribution < -0.4 is 11.1 Å². The predicted octanol–water partition coefficient (Wildman–Crippen LogP) is -0.148. The molecule has 2 aliphatic rings. The lowest BCUT2D eigenvalue weighted by Gasteiger charge is -2.31. The summed E-state index contributed by atoms with van der Waals surface area (Å²) in [7, 11) is 0. The van der Waals surface area contributed by atoms with Crippen molar-refractivity contribution in [3.63, 3.8) is 0 Å². The lowest BCUT2D eigenvalue weighted by molar-refractivity contribution is -0.133. The van der Waals surface area contributed by atoms with Crippen molar-refractivity contribution in [2.75, 3.05) is 19.6 Å². The summed E-state index contributed by atoms with van der Waals surface area (Å²) in [6.07, 6.45) is 6.03. The molecule has 2 unspecified atom stereocenters. The van der Waals surface area contributed by atoms with E-state index >= 15 is 0 Å². The Balaban J connectivity index is 1.85. The third kappa shape index (κ3) is 2.77. The minimum atomic E-state index is -0.266. The van der Waals surface area contributed by atoms with E-state index in [0.29, 0.717) is 12.0 Å². The molecule has 3 N–H and O–H groups in total. The minimum Gasteiger partial charge on any atom is -0.346 e. The molecule has 1 saturated carbocycles. The molecule has 96 valence electrons. The fourth-order valence-corrected chi connectivity index (χ4v) is 3.06. The van der Waals surface area contributed by atoms with Crippen molar-refractivity contribution in [3.05, 3.63) is 0 Å². The number of fused-ring (bicyclic) bond motifs is 1. The van der Waals surface area contributed by atoms with E-state index in [-0.39, 0.29) is 24.9 Å². The lowest BCUT2D eigenvalue weighted by Crippen LogP contribution is -2.45. The van der Waals surface area contributed by atoms with E-state index in [9.17, 15) is 9.59 Å². The summed E-state index contributed by atoms with van der Waals surface area (Å²) in [5.74, 6) is 0.469. The van der Waals surface area contributed by atoms with Crippen LogP contribution in [0.4, 0.5) is 0 Å². The van der Waals surface area contributed by atoms with E-state index < -0.39 is 0 Å². The van der Waals surface area contributed by atoms with Crippen molar-refractivity contribution in [3.8, 4) is 0 Å². The van der Waals surface area contributed by atoms with Gasteiger partial charge in [-0.05, 0) is 25.2 Å². The van der Waals surface area contributed by atoms with Gasteiger partial charge in [0.25, 0.3) is 0 Å². The molecule has 2 fully saturated rings. The Morgan fingerprint density at radius 1 is 1.24 bits per heavy atom. The maximum atomic E-state index is 12.0. The van der Waals surface area contributed by atoms with E-state index in [1.54, 1.807) is 0 Å². The number of carbonyl (C=O) groups excluding carboxylic acids is 2. The normalized spacial score (nSPS) is 27.7. The van der Waals surface area contributed by atoms with Crippen LogP contribution >= 0.6 is 0 Å². The highest BCUT2D eigenvalue weighted by Crippen LogP contribution is 2.35. The highest BCUT2D eigenvalue weighted by atomic mass is 16.2. The van der Waals surface area contributed by atoms with Gasteiger partial charge in [-0.15, -0.1) is 0 Å².